The van der Waals surface area contributed by atoms with Gasteiger partial charge in [-0.25, -0.2) is 14.8 Å². The Labute approximate surface area is 727 Å². The predicted molar refractivity (Wildman–Crippen MR) is 464 cm³/mol. The molecule has 1 aromatic carbocycles. The summed E-state index contributed by atoms with van der Waals surface area (Å²) in [6.07, 6.45) is 9.51. The third-order valence-electron chi connectivity index (χ3n) is 20.2. The number of aryl methyl sites for hydroxylation is 8. The van der Waals surface area contributed by atoms with E-state index in [-0.39, 0.29) is 148 Å². The van der Waals surface area contributed by atoms with Crippen LogP contribution in [0.4, 0.5) is 45.8 Å². The van der Waals surface area contributed by atoms with E-state index in [4.69, 9.17) is 9.47 Å². The lowest BCUT2D eigenvalue weighted by molar-refractivity contribution is -0.157. The maximum atomic E-state index is 14.4. The van der Waals surface area contributed by atoms with Crippen LogP contribution < -0.4 is 63.8 Å². The van der Waals surface area contributed by atoms with Gasteiger partial charge < -0.3 is 125 Å². The summed E-state index contributed by atoms with van der Waals surface area (Å²) in [4.78, 5) is 198. The lowest BCUT2D eigenvalue weighted by atomic mass is 9.89. The fourth-order valence-corrected chi connectivity index (χ4v) is 13.8. The topological polar surface area (TPSA) is 511 Å². The molecule has 9 aromatic rings. The molecule has 8 heterocycles. The first-order chi connectivity index (χ1) is 60.4. The van der Waals surface area contributed by atoms with Crippen molar-refractivity contribution in [1.82, 2.24) is 72.7 Å². The van der Waals surface area contributed by atoms with Crippen molar-refractivity contribution in [2.75, 3.05) is 82.8 Å². The average Bonchev–Trinajstić information content (AvgIpc) is 1.62. The van der Waals surface area contributed by atoms with Crippen molar-refractivity contribution >= 4 is 129 Å². The minimum Gasteiger partial charge on any atom is -0.455 e. The molecule has 0 saturated heterocycles. The second-order valence-electron chi connectivity index (χ2n) is 30.5. The van der Waals surface area contributed by atoms with Gasteiger partial charge in [0.15, 0.2) is 23.8 Å². The molecular weight excluding hydrogens is 1640 g/mol. The van der Waals surface area contributed by atoms with Gasteiger partial charge >= 0.3 is 11.9 Å². The molecule has 0 bridgehead atoms. The van der Waals surface area contributed by atoms with Gasteiger partial charge in [-0.05, 0) is 94.5 Å². The molecule has 0 unspecified atom stereocenters. The lowest BCUT2D eigenvalue weighted by Gasteiger charge is -2.28. The van der Waals surface area contributed by atoms with Crippen LogP contribution in [-0.2, 0) is 89.8 Å². The van der Waals surface area contributed by atoms with Crippen molar-refractivity contribution in [1.29, 1.82) is 0 Å². The van der Waals surface area contributed by atoms with Crippen LogP contribution >= 0.6 is 0 Å². The van der Waals surface area contributed by atoms with Crippen LogP contribution in [0.15, 0.2) is 141 Å². The van der Waals surface area contributed by atoms with Gasteiger partial charge in [0.05, 0.1) is 45.6 Å². The number of fused-ring (bicyclic) bond motifs is 1. The Morgan fingerprint density at radius 3 is 1.41 bits per heavy atom. The van der Waals surface area contributed by atoms with Crippen LogP contribution in [0.1, 0.15) is 146 Å². The van der Waals surface area contributed by atoms with Gasteiger partial charge in [-0.2, -0.15) is 0 Å². The van der Waals surface area contributed by atoms with Crippen LogP contribution in [0, 0.1) is 29.6 Å². The molecule has 127 heavy (non-hydrogen) atoms. The summed E-state index contributed by atoms with van der Waals surface area (Å²) < 4.78 is 22.8. The first-order valence-electron chi connectivity index (χ1n) is 39.9. The maximum Gasteiger partial charge on any atom is 0.339 e. The second-order valence-corrected chi connectivity index (χ2v) is 30.5. The van der Waals surface area contributed by atoms with Crippen molar-refractivity contribution < 1.29 is 86.8 Å². The number of nitrogens with one attached hydrogen (secondary N) is 12. The SMILES string of the molecule is C=C[C@@H]1C#CC2=C[C@@H](OC(=O)CCCC(=O)N[C@@H](CCNC(=O)c3cc(NC(=O)c4cc(NC(=O)c5cc(NC(=O)c6nc(NC(C)=O)cn6C)cn5C)cn4C)cn3C)C(=O)Nc3cn(C)c(C(=O)Nc4cc(C(=O)Nc5cc(C(=O)Nc6cc(C(=O)NCCC(=O)NCCCN(C)C)n(C)c6)n(C)c5)n(C)c4)n3)[C@H](O)[C@]2(O)CC#C[C@@H]1OC(=O)c1ccccc1. The molecule has 14 N–H and O–H groups in total. The van der Waals surface area contributed by atoms with Crippen LogP contribution in [0.5, 0.6) is 0 Å². The molecule has 664 valence electrons. The van der Waals surface area contributed by atoms with E-state index in [2.05, 4.69) is 104 Å². The fraction of sp³-hybridized carbons (Fsp3) is 0.326. The van der Waals surface area contributed by atoms with Gasteiger partial charge in [-0.3, -0.25) is 62.3 Å². The van der Waals surface area contributed by atoms with Crippen LogP contribution in [0.2, 0.25) is 0 Å². The number of nitrogens with zero attached hydrogens (tertiary/aromatic N) is 11. The van der Waals surface area contributed by atoms with Crippen molar-refractivity contribution in [3.05, 3.63) is 192 Å². The highest BCUT2D eigenvalue weighted by atomic mass is 16.6. The number of aliphatic hydroxyl groups excluding tert-OH is 1. The zero-order valence-corrected chi connectivity index (χ0v) is 71.3. The number of imidazole rings is 2. The molecule has 0 saturated carbocycles. The van der Waals surface area contributed by atoms with Crippen molar-refractivity contribution in [3.63, 3.8) is 0 Å². The van der Waals surface area contributed by atoms with E-state index in [0.717, 1.165) is 13.0 Å². The highest BCUT2D eigenvalue weighted by Crippen LogP contribution is 2.37. The number of aromatic nitrogens is 10. The van der Waals surface area contributed by atoms with E-state index in [1.165, 1.54) is 149 Å². The third-order valence-corrected chi connectivity index (χ3v) is 20.2. The summed E-state index contributed by atoms with van der Waals surface area (Å²) >= 11 is 0. The minimum atomic E-state index is -2.11. The first-order valence-corrected chi connectivity index (χ1v) is 39.9. The summed E-state index contributed by atoms with van der Waals surface area (Å²) in [5.41, 5.74) is 0.267. The monoisotopic (exact) mass is 1740 g/mol. The Morgan fingerprint density at radius 2 is 0.961 bits per heavy atom. The van der Waals surface area contributed by atoms with Gasteiger partial charge in [-0.15, -0.1) is 6.58 Å². The number of ether oxygens (including phenoxy) is 2. The summed E-state index contributed by atoms with van der Waals surface area (Å²) in [5.74, 6) is 1.59. The molecule has 0 fully saturated rings. The Morgan fingerprint density at radius 1 is 0.520 bits per heavy atom. The number of amides is 12. The molecule has 12 amide bonds. The lowest BCUT2D eigenvalue weighted by Crippen LogP contribution is -2.46. The summed E-state index contributed by atoms with van der Waals surface area (Å²) in [5, 5.41) is 55.7. The van der Waals surface area contributed by atoms with Gasteiger partial charge in [0.25, 0.3) is 47.3 Å². The summed E-state index contributed by atoms with van der Waals surface area (Å²) in [6.45, 7) is 6.26. The fourth-order valence-electron chi connectivity index (χ4n) is 13.8. The molecular formula is C86H97N23O18. The highest BCUT2D eigenvalue weighted by Gasteiger charge is 2.50. The largest absolute Gasteiger partial charge is 0.455 e. The maximum absolute atomic E-state index is 14.4. The molecule has 11 rings (SSSR count). The second kappa shape index (κ2) is 40.6. The van der Waals surface area contributed by atoms with E-state index < -0.39 is 120 Å². The van der Waals surface area contributed by atoms with E-state index in [9.17, 15) is 77.3 Å². The third kappa shape index (κ3) is 23.4. The zero-order chi connectivity index (χ0) is 91.8. The number of hydrogen-bond donors (Lipinski definition) is 14. The van der Waals surface area contributed by atoms with Crippen LogP contribution in [0.3, 0.4) is 0 Å². The van der Waals surface area contributed by atoms with Gasteiger partial charge in [0, 0.05) is 164 Å². The Bertz CT molecular complexity index is 5980. The molecule has 41 heteroatoms. The first kappa shape index (κ1) is 92.1. The van der Waals surface area contributed by atoms with Gasteiger partial charge in [0.2, 0.25) is 35.3 Å². The van der Waals surface area contributed by atoms with E-state index in [1.54, 1.807) is 78.8 Å². The molecule has 6 atom stereocenters. The van der Waals surface area contributed by atoms with Crippen molar-refractivity contribution in [2.24, 2.45) is 62.3 Å². The van der Waals surface area contributed by atoms with Gasteiger partial charge in [0.1, 0.15) is 51.9 Å². The Hall–Kier alpha value is -15.6. The van der Waals surface area contributed by atoms with E-state index in [1.807, 2.05) is 19.0 Å². The zero-order valence-electron chi connectivity index (χ0n) is 71.3. The number of carbonyl (C=O) groups is 14. The average molecular weight is 1740 g/mol. The standard InChI is InChI=1S/C86H97N23O18/c1-13-50-25-26-52-34-67(73(114)86(52,125)29-18-22-66(50)127-85(124)51-20-15-14-16-21-51)126-72(113)24-17-23-71(112)97-59(27-31-88-77(116)60-35-53(41-102(60)5)91-79(118)62-37-55(43-104(62)7)93-81(120)64-39-57(45-106(64)9)95-83(122)74-98-68(47-108(74)11)90-49(2)110)76(115)100-69-48-109(12)75(99-69)84(123)96-58-40-65(107(10)46-58)82(121)94-56-38-63(105(8)44-56)80(119)92-54-36-61(103(6)42-54)78(117)89-32-28-70(111)87-30-19-33-101(3)4/h13-16,20-21,34-48,50,59,66-67,73,114,125H,1,17,19,23-24,27-33H2,2-12H3,(H,87,111)(H,88,116)(H,89,117)(H,90,110)(H,91,118)(H,92,119)(H,93,120)(H,94,121)(H,95,122)(H,96,123)(H,97,112)(H,100,115)/t50-,59+,66+,67-,73+,86+/m1/s1. The minimum absolute atomic E-state index is 0.00837. The summed E-state index contributed by atoms with van der Waals surface area (Å²) in [6, 6.07) is 15.3. The van der Waals surface area contributed by atoms with Crippen molar-refractivity contribution in [3.8, 4) is 23.7 Å². The number of rotatable bonds is 36. The number of benzene rings is 1. The normalized spacial score (nSPS) is 15.7. The van der Waals surface area contributed by atoms with Crippen molar-refractivity contribution in [2.45, 2.75) is 81.8 Å². The number of aliphatic hydroxyl groups is 2. The predicted octanol–water partition coefficient (Wildman–Crippen LogP) is 3.64. The van der Waals surface area contributed by atoms with Crippen LogP contribution in [-0.4, -0.2) is 215 Å². The number of carbonyl (C=O) groups excluding carboxylic acids is 14. The van der Waals surface area contributed by atoms with Gasteiger partial charge in [-0.1, -0.05) is 48.0 Å². The van der Waals surface area contributed by atoms with E-state index >= 15 is 0 Å². The molecule has 41 nitrogen and oxygen atoms in total. The smallest absolute Gasteiger partial charge is 0.339 e. The Kier molecular flexibility index (Phi) is 29.4. The molecule has 0 spiro atoms. The number of hydrogen-bond acceptors (Lipinski definition) is 21. The quantitative estimate of drug-likeness (QED) is 0.0115. The van der Waals surface area contributed by atoms with E-state index in [0.29, 0.717) is 12.2 Å². The summed E-state index contributed by atoms with van der Waals surface area (Å²) in [7, 11) is 16.4. The molecule has 2 aliphatic rings. The molecule has 0 aliphatic heterocycles. The number of esters is 2. The molecule has 8 aromatic heterocycles. The molecule has 2 aliphatic carbocycles. The van der Waals surface area contributed by atoms with Crippen LogP contribution in [0.25, 0.3) is 0 Å². The Balaban J connectivity index is 0.704. The number of anilines is 8. The molecule has 0 radical (unpaired) electrons. The highest BCUT2D eigenvalue weighted by molar-refractivity contribution is 6.11.